The summed E-state index contributed by atoms with van der Waals surface area (Å²) in [5, 5.41) is 3.74. The highest BCUT2D eigenvalue weighted by Crippen LogP contribution is 2.27. The summed E-state index contributed by atoms with van der Waals surface area (Å²) in [6.07, 6.45) is 0.809. The molecule has 4 heteroatoms. The Balaban J connectivity index is 2.62. The normalized spacial score (nSPS) is 14.2. The van der Waals surface area contributed by atoms with E-state index in [1.807, 2.05) is 38.1 Å². The smallest absolute Gasteiger partial charge is 0.233 e. The number of halogens is 1. The van der Waals surface area contributed by atoms with Crippen LogP contribution in [0.1, 0.15) is 34.1 Å². The van der Waals surface area contributed by atoms with Gasteiger partial charge < -0.3 is 5.32 Å². The van der Waals surface area contributed by atoms with Gasteiger partial charge in [-0.3, -0.25) is 4.79 Å². The molecule has 0 unspecified atom stereocenters. The van der Waals surface area contributed by atoms with Crippen LogP contribution in [0.3, 0.4) is 0 Å². The first-order valence-corrected chi connectivity index (χ1v) is 7.92. The molecule has 19 heavy (non-hydrogen) atoms. The summed E-state index contributed by atoms with van der Waals surface area (Å²) < 4.78 is 0. The van der Waals surface area contributed by atoms with E-state index in [1.54, 1.807) is 11.8 Å². The van der Waals surface area contributed by atoms with Crippen molar-refractivity contribution in [2.45, 2.75) is 50.3 Å². The second-order valence-corrected chi connectivity index (χ2v) is 6.72. The van der Waals surface area contributed by atoms with Crippen LogP contribution < -0.4 is 5.32 Å². The minimum atomic E-state index is -0.0534. The Morgan fingerprint density at radius 1 is 1.26 bits per heavy atom. The molecule has 0 saturated carbocycles. The second kappa shape index (κ2) is 7.81. The number of hydrogen-bond acceptors (Lipinski definition) is 2. The van der Waals surface area contributed by atoms with Gasteiger partial charge in [0.2, 0.25) is 5.91 Å². The average Bonchev–Trinajstić information content (AvgIpc) is 2.37. The monoisotopic (exact) mass is 299 g/mol. The topological polar surface area (TPSA) is 29.1 Å². The summed E-state index contributed by atoms with van der Waals surface area (Å²) in [6.45, 7) is 8.30. The molecular weight excluding hydrogens is 278 g/mol. The minimum Gasteiger partial charge on any atom is -0.352 e. The molecule has 1 N–H and O–H groups in total. The number of amides is 1. The third-order valence-corrected chi connectivity index (χ3v) is 4.75. The molecule has 2 atom stereocenters. The van der Waals surface area contributed by atoms with Crippen LogP contribution >= 0.6 is 23.4 Å². The van der Waals surface area contributed by atoms with Crippen molar-refractivity contribution in [1.29, 1.82) is 0 Å². The molecule has 1 amide bonds. The van der Waals surface area contributed by atoms with Crippen molar-refractivity contribution in [3.05, 3.63) is 29.3 Å². The molecule has 0 aliphatic heterocycles. The predicted molar refractivity (Wildman–Crippen MR) is 83.8 cm³/mol. The van der Waals surface area contributed by atoms with Gasteiger partial charge in [0.05, 0.1) is 5.25 Å². The van der Waals surface area contributed by atoms with E-state index in [9.17, 15) is 4.79 Å². The Labute approximate surface area is 125 Å². The first kappa shape index (κ1) is 16.4. The Morgan fingerprint density at radius 3 is 2.32 bits per heavy atom. The number of hydrogen-bond donors (Lipinski definition) is 1. The molecule has 1 aromatic rings. The highest BCUT2D eigenvalue weighted by atomic mass is 35.5. The summed E-state index contributed by atoms with van der Waals surface area (Å²) in [5.41, 5.74) is 0. The Morgan fingerprint density at radius 2 is 1.84 bits per heavy atom. The van der Waals surface area contributed by atoms with Gasteiger partial charge in [0.15, 0.2) is 0 Å². The summed E-state index contributed by atoms with van der Waals surface area (Å²) in [7, 11) is 0. The van der Waals surface area contributed by atoms with Crippen molar-refractivity contribution >= 4 is 29.3 Å². The standard InChI is InChI=1S/C15H22ClNOS/c1-5-14(15(18)17-11(4)10(2)3)19-13-8-6-12(16)7-9-13/h6-11,14H,5H2,1-4H3,(H,17,18)/t11-,14-/m0/s1. The van der Waals surface area contributed by atoms with E-state index < -0.39 is 0 Å². The Bertz CT molecular complexity index is 405. The van der Waals surface area contributed by atoms with Gasteiger partial charge in [-0.2, -0.15) is 0 Å². The van der Waals surface area contributed by atoms with Crippen LogP contribution in [0.15, 0.2) is 29.2 Å². The fourth-order valence-electron chi connectivity index (χ4n) is 1.48. The van der Waals surface area contributed by atoms with E-state index in [2.05, 4.69) is 19.2 Å². The summed E-state index contributed by atoms with van der Waals surface area (Å²) in [4.78, 5) is 13.3. The second-order valence-electron chi connectivity index (χ2n) is 5.01. The molecule has 1 rings (SSSR count). The van der Waals surface area contributed by atoms with Gasteiger partial charge in [-0.05, 0) is 43.5 Å². The maximum atomic E-state index is 12.2. The van der Waals surface area contributed by atoms with Crippen molar-refractivity contribution in [1.82, 2.24) is 5.32 Å². The van der Waals surface area contributed by atoms with Crippen LogP contribution in [-0.2, 0) is 4.79 Å². The first-order chi connectivity index (χ1) is 8.93. The fraction of sp³-hybridized carbons (Fsp3) is 0.533. The van der Waals surface area contributed by atoms with Gasteiger partial charge in [0.1, 0.15) is 0 Å². The molecule has 0 aliphatic carbocycles. The van der Waals surface area contributed by atoms with Crippen LogP contribution in [-0.4, -0.2) is 17.2 Å². The maximum absolute atomic E-state index is 12.2. The SMILES string of the molecule is CC[C@H](Sc1ccc(Cl)cc1)C(=O)N[C@@H](C)C(C)C. The van der Waals surface area contributed by atoms with Crippen LogP contribution in [0.5, 0.6) is 0 Å². The molecule has 0 heterocycles. The summed E-state index contributed by atoms with van der Waals surface area (Å²) in [6, 6.07) is 7.81. The van der Waals surface area contributed by atoms with Crippen LogP contribution in [0, 0.1) is 5.92 Å². The van der Waals surface area contributed by atoms with Gasteiger partial charge in [-0.15, -0.1) is 11.8 Å². The first-order valence-electron chi connectivity index (χ1n) is 6.66. The minimum absolute atomic E-state index is 0.0534. The molecule has 2 nitrogen and oxygen atoms in total. The fourth-order valence-corrected chi connectivity index (χ4v) is 2.57. The van der Waals surface area contributed by atoms with Crippen molar-refractivity contribution in [2.75, 3.05) is 0 Å². The van der Waals surface area contributed by atoms with Gasteiger partial charge in [-0.25, -0.2) is 0 Å². The lowest BCUT2D eigenvalue weighted by Gasteiger charge is -2.21. The highest BCUT2D eigenvalue weighted by Gasteiger charge is 2.20. The molecule has 0 radical (unpaired) electrons. The summed E-state index contributed by atoms with van der Waals surface area (Å²) in [5.74, 6) is 0.561. The molecule has 0 aromatic heterocycles. The maximum Gasteiger partial charge on any atom is 0.233 e. The van der Waals surface area contributed by atoms with Crippen LogP contribution in [0.2, 0.25) is 5.02 Å². The zero-order chi connectivity index (χ0) is 14.4. The average molecular weight is 300 g/mol. The van der Waals surface area contributed by atoms with E-state index in [1.165, 1.54) is 0 Å². The van der Waals surface area contributed by atoms with Gasteiger partial charge in [0.25, 0.3) is 0 Å². The molecular formula is C15H22ClNOS. The number of carbonyl (C=O) groups excluding carboxylic acids is 1. The molecule has 0 fully saturated rings. The zero-order valence-corrected chi connectivity index (χ0v) is 13.5. The van der Waals surface area contributed by atoms with Gasteiger partial charge >= 0.3 is 0 Å². The number of benzene rings is 1. The van der Waals surface area contributed by atoms with E-state index in [0.717, 1.165) is 16.3 Å². The highest BCUT2D eigenvalue weighted by molar-refractivity contribution is 8.00. The third kappa shape index (κ3) is 5.45. The number of thioether (sulfide) groups is 1. The van der Waals surface area contributed by atoms with Crippen molar-refractivity contribution in [2.24, 2.45) is 5.92 Å². The molecule has 0 saturated heterocycles. The predicted octanol–water partition coefficient (Wildman–Crippen LogP) is 4.37. The van der Waals surface area contributed by atoms with E-state index in [0.29, 0.717) is 5.92 Å². The molecule has 0 aliphatic rings. The van der Waals surface area contributed by atoms with E-state index in [4.69, 9.17) is 11.6 Å². The summed E-state index contributed by atoms with van der Waals surface area (Å²) >= 11 is 7.45. The largest absolute Gasteiger partial charge is 0.352 e. The Hall–Kier alpha value is -0.670. The number of rotatable bonds is 6. The third-order valence-electron chi connectivity index (χ3n) is 3.13. The Kier molecular flexibility index (Phi) is 6.73. The molecule has 106 valence electrons. The van der Waals surface area contributed by atoms with Gasteiger partial charge in [-0.1, -0.05) is 32.4 Å². The van der Waals surface area contributed by atoms with Crippen molar-refractivity contribution < 1.29 is 4.79 Å². The van der Waals surface area contributed by atoms with Crippen LogP contribution in [0.25, 0.3) is 0 Å². The van der Waals surface area contributed by atoms with Crippen molar-refractivity contribution in [3.63, 3.8) is 0 Å². The van der Waals surface area contributed by atoms with E-state index in [-0.39, 0.29) is 17.2 Å². The quantitative estimate of drug-likeness (QED) is 0.790. The molecule has 0 spiro atoms. The molecule has 1 aromatic carbocycles. The van der Waals surface area contributed by atoms with Crippen LogP contribution in [0.4, 0.5) is 0 Å². The lowest BCUT2D eigenvalue weighted by molar-refractivity contribution is -0.121. The zero-order valence-electron chi connectivity index (χ0n) is 11.9. The lowest BCUT2D eigenvalue weighted by Crippen LogP contribution is -2.41. The van der Waals surface area contributed by atoms with E-state index >= 15 is 0 Å². The number of carbonyl (C=O) groups is 1. The number of nitrogens with one attached hydrogen (secondary N) is 1. The van der Waals surface area contributed by atoms with Gasteiger partial charge in [0, 0.05) is 16.0 Å². The lowest BCUT2D eigenvalue weighted by atomic mass is 10.1. The molecule has 0 bridgehead atoms. The van der Waals surface area contributed by atoms with Crippen molar-refractivity contribution in [3.8, 4) is 0 Å².